The molecule has 0 aliphatic carbocycles. The Morgan fingerprint density at radius 1 is 1.19 bits per heavy atom. The van der Waals surface area contributed by atoms with E-state index in [1.165, 1.54) is 6.07 Å². The lowest BCUT2D eigenvalue weighted by Crippen LogP contribution is -2.28. The van der Waals surface area contributed by atoms with Gasteiger partial charge in [0.2, 0.25) is 0 Å². The van der Waals surface area contributed by atoms with Crippen molar-refractivity contribution in [3.05, 3.63) is 67.0 Å². The molecule has 2 nitrogen and oxygen atoms in total. The van der Waals surface area contributed by atoms with Gasteiger partial charge in [0.25, 0.3) is 0 Å². The van der Waals surface area contributed by atoms with Crippen molar-refractivity contribution in [3.8, 4) is 0 Å². The van der Waals surface area contributed by atoms with Crippen molar-refractivity contribution in [2.75, 3.05) is 18.1 Å². The summed E-state index contributed by atoms with van der Waals surface area (Å²) in [7, 11) is 0. The summed E-state index contributed by atoms with van der Waals surface area (Å²) in [5.41, 5.74) is 1.88. The van der Waals surface area contributed by atoms with Crippen molar-refractivity contribution < 1.29 is 13.5 Å². The number of halogens is 2. The van der Waals surface area contributed by atoms with Crippen LogP contribution in [0.3, 0.4) is 0 Å². The summed E-state index contributed by atoms with van der Waals surface area (Å²) in [6.07, 6.45) is 3.28. The van der Waals surface area contributed by atoms with E-state index < -0.39 is 11.6 Å². The second-order valence-electron chi connectivity index (χ2n) is 5.01. The molecule has 0 unspecified atom stereocenters. The molecule has 1 aliphatic rings. The molecule has 2 rings (SSSR count). The molecule has 1 aromatic rings. The molecule has 21 heavy (non-hydrogen) atoms. The molecule has 0 radical (unpaired) electrons. The average Bonchev–Trinajstić information content (AvgIpc) is 2.51. The van der Waals surface area contributed by atoms with Gasteiger partial charge in [-0.25, -0.2) is 8.78 Å². The van der Waals surface area contributed by atoms with Crippen molar-refractivity contribution in [3.63, 3.8) is 0 Å². The second-order valence-corrected chi connectivity index (χ2v) is 5.01. The molecule has 1 aliphatic heterocycles. The molecule has 1 aromatic carbocycles. The zero-order chi connectivity index (χ0) is 15.4. The van der Waals surface area contributed by atoms with Crippen LogP contribution in [0.1, 0.15) is 12.8 Å². The molecule has 0 atom stereocenters. The highest BCUT2D eigenvalue weighted by Gasteiger charge is 2.23. The third-order valence-corrected chi connectivity index (χ3v) is 3.66. The highest BCUT2D eigenvalue weighted by Crippen LogP contribution is 2.32. The fraction of sp³-hybridized carbons (Fsp3) is 0.294. The maximum atomic E-state index is 13.5. The van der Waals surface area contributed by atoms with E-state index in [1.54, 1.807) is 11.0 Å². The molecule has 112 valence electrons. The van der Waals surface area contributed by atoms with E-state index in [2.05, 4.69) is 19.7 Å². The Kier molecular flexibility index (Phi) is 4.91. The van der Waals surface area contributed by atoms with E-state index in [0.717, 1.165) is 30.7 Å². The number of benzene rings is 1. The lowest BCUT2D eigenvalue weighted by atomic mass is 9.95. The minimum absolute atomic E-state index is 0.226. The Morgan fingerprint density at radius 2 is 1.86 bits per heavy atom. The first-order valence-electron chi connectivity index (χ1n) is 6.87. The molecule has 4 heteroatoms. The van der Waals surface area contributed by atoms with Gasteiger partial charge < -0.3 is 9.64 Å². The van der Waals surface area contributed by atoms with Crippen LogP contribution >= 0.6 is 0 Å². The number of nitrogens with zero attached hydrogens (tertiary/aromatic N) is 1. The van der Waals surface area contributed by atoms with E-state index in [4.69, 9.17) is 4.74 Å². The second kappa shape index (κ2) is 6.68. The molecule has 1 fully saturated rings. The topological polar surface area (TPSA) is 12.5 Å². The summed E-state index contributed by atoms with van der Waals surface area (Å²) in [6, 6.07) is 3.76. The van der Waals surface area contributed by atoms with Crippen molar-refractivity contribution in [2.45, 2.75) is 12.8 Å². The third-order valence-electron chi connectivity index (χ3n) is 3.66. The summed E-state index contributed by atoms with van der Waals surface area (Å²) >= 11 is 0. The number of rotatable bonds is 5. The Morgan fingerprint density at radius 3 is 2.43 bits per heavy atom. The van der Waals surface area contributed by atoms with Gasteiger partial charge in [-0.2, -0.15) is 0 Å². The molecule has 0 aromatic heterocycles. The van der Waals surface area contributed by atoms with Gasteiger partial charge in [-0.05, 0) is 31.1 Å². The minimum atomic E-state index is -0.894. The fourth-order valence-corrected chi connectivity index (χ4v) is 2.44. The van der Waals surface area contributed by atoms with Gasteiger partial charge in [-0.15, -0.1) is 0 Å². The molecule has 0 N–H and O–H groups in total. The van der Waals surface area contributed by atoms with Crippen molar-refractivity contribution in [1.82, 2.24) is 0 Å². The number of ether oxygens (including phenoxy) is 1. The largest absolute Gasteiger partial charge is 0.381 e. The molecule has 1 heterocycles. The first-order valence-corrected chi connectivity index (χ1v) is 6.87. The Labute approximate surface area is 124 Å². The van der Waals surface area contributed by atoms with E-state index in [0.29, 0.717) is 24.6 Å². The van der Waals surface area contributed by atoms with Gasteiger partial charge in [-0.1, -0.05) is 19.7 Å². The monoisotopic (exact) mass is 291 g/mol. The highest BCUT2D eigenvalue weighted by atomic mass is 19.2. The summed E-state index contributed by atoms with van der Waals surface area (Å²) in [6.45, 7) is 13.1. The maximum absolute atomic E-state index is 13.5. The van der Waals surface area contributed by atoms with Gasteiger partial charge in [0, 0.05) is 42.3 Å². The highest BCUT2D eigenvalue weighted by molar-refractivity contribution is 5.59. The van der Waals surface area contributed by atoms with E-state index >= 15 is 0 Å². The van der Waals surface area contributed by atoms with Crippen LogP contribution in [0.4, 0.5) is 14.5 Å². The summed E-state index contributed by atoms with van der Waals surface area (Å²) in [5, 5.41) is 0. The van der Waals surface area contributed by atoms with E-state index in [1.807, 2.05) is 0 Å². The fourth-order valence-electron chi connectivity index (χ4n) is 2.44. The first-order chi connectivity index (χ1) is 10.0. The smallest absolute Gasteiger partial charge is 0.160 e. The van der Waals surface area contributed by atoms with Crippen LogP contribution in [0.5, 0.6) is 0 Å². The van der Waals surface area contributed by atoms with Gasteiger partial charge in [-0.3, -0.25) is 0 Å². The average molecular weight is 291 g/mol. The summed E-state index contributed by atoms with van der Waals surface area (Å²) < 4.78 is 32.0. The van der Waals surface area contributed by atoms with Gasteiger partial charge >= 0.3 is 0 Å². The Hall–Kier alpha value is -1.94. The van der Waals surface area contributed by atoms with Gasteiger partial charge in [0.15, 0.2) is 11.6 Å². The molecular weight excluding hydrogens is 272 g/mol. The first kappa shape index (κ1) is 15.4. The quantitative estimate of drug-likeness (QED) is 0.745. The molecule has 0 saturated carbocycles. The van der Waals surface area contributed by atoms with Crippen LogP contribution in [-0.4, -0.2) is 13.2 Å². The molecule has 0 bridgehead atoms. The van der Waals surface area contributed by atoms with Crippen molar-refractivity contribution >= 4 is 5.69 Å². The molecular formula is C17H19F2NO. The van der Waals surface area contributed by atoms with Crippen LogP contribution in [-0.2, 0) is 4.74 Å². The lowest BCUT2D eigenvalue weighted by molar-refractivity contribution is 0.0754. The van der Waals surface area contributed by atoms with Crippen molar-refractivity contribution in [1.29, 1.82) is 0 Å². The van der Waals surface area contributed by atoms with Crippen molar-refractivity contribution in [2.24, 2.45) is 5.92 Å². The summed E-state index contributed by atoms with van der Waals surface area (Å²) in [4.78, 5) is 1.73. The lowest BCUT2D eigenvalue weighted by Gasteiger charge is -2.34. The molecule has 0 amide bonds. The molecule has 1 saturated heterocycles. The normalized spacial score (nSPS) is 15.5. The molecule has 0 spiro atoms. The van der Waals surface area contributed by atoms with Crippen LogP contribution in [0.15, 0.2) is 55.4 Å². The predicted molar refractivity (Wildman–Crippen MR) is 80.9 cm³/mol. The van der Waals surface area contributed by atoms with Crippen LogP contribution in [0, 0.1) is 17.6 Å². The van der Waals surface area contributed by atoms with Gasteiger partial charge in [0.05, 0.1) is 0 Å². The van der Waals surface area contributed by atoms with Gasteiger partial charge in [0.1, 0.15) is 0 Å². The third kappa shape index (κ3) is 3.39. The van der Waals surface area contributed by atoms with E-state index in [-0.39, 0.29) is 5.92 Å². The number of allylic oxidation sites excluding steroid dienone is 2. The Balaban J connectivity index is 2.33. The Bertz CT molecular complexity index is 562. The maximum Gasteiger partial charge on any atom is 0.160 e. The number of hydrogen-bond acceptors (Lipinski definition) is 2. The van der Waals surface area contributed by atoms with Crippen LogP contribution in [0.2, 0.25) is 0 Å². The van der Waals surface area contributed by atoms with Crippen LogP contribution < -0.4 is 4.90 Å². The zero-order valence-electron chi connectivity index (χ0n) is 11.9. The van der Waals surface area contributed by atoms with Crippen LogP contribution in [0.25, 0.3) is 0 Å². The number of anilines is 1. The summed E-state index contributed by atoms with van der Waals surface area (Å²) in [5.74, 6) is -1.54. The predicted octanol–water partition coefficient (Wildman–Crippen LogP) is 4.41. The standard InChI is InChI=1S/C17H19F2NO/c1-4-12(2)20(13(3)14-7-9-21-10-8-14)15-5-6-16(18)17(19)11-15/h4-6,11,14H,1-3,7-10H2. The SMILES string of the molecule is C=CC(=C)N(C(=C)C1CCOCC1)c1ccc(F)c(F)c1. The zero-order valence-corrected chi connectivity index (χ0v) is 11.9. The minimum Gasteiger partial charge on any atom is -0.381 e. The van der Waals surface area contributed by atoms with E-state index in [9.17, 15) is 8.78 Å². The number of hydrogen-bond donors (Lipinski definition) is 0.